The number of rotatable bonds is 8. The van der Waals surface area contributed by atoms with Crippen molar-refractivity contribution < 1.29 is 30.8 Å². The van der Waals surface area contributed by atoms with Crippen molar-refractivity contribution in [1.29, 1.82) is 5.26 Å². The third-order valence-corrected chi connectivity index (χ3v) is 7.08. The van der Waals surface area contributed by atoms with E-state index in [-0.39, 0.29) is 23.4 Å². The molecule has 0 fully saturated rings. The zero-order chi connectivity index (χ0) is 24.2. The van der Waals surface area contributed by atoms with E-state index >= 15 is 0 Å². The van der Waals surface area contributed by atoms with E-state index in [9.17, 15) is 30.8 Å². The molecule has 172 valence electrons. The number of hydrogen-bond donors (Lipinski definition) is 1. The first-order valence-corrected chi connectivity index (χ1v) is 11.6. The SMILES string of the molecule is CCCS(=O)(=O)CC(CC)(C(=O)Nc1ccc(C#N)c(C(F)(F)F)c1)c1ccc(F)cc1. The van der Waals surface area contributed by atoms with E-state index in [1.807, 2.05) is 0 Å². The van der Waals surface area contributed by atoms with E-state index in [0.29, 0.717) is 12.5 Å². The van der Waals surface area contributed by atoms with Crippen LogP contribution in [-0.2, 0) is 26.2 Å². The van der Waals surface area contributed by atoms with Crippen LogP contribution in [0.2, 0.25) is 0 Å². The number of nitrogens with one attached hydrogen (secondary N) is 1. The molecule has 0 saturated carbocycles. The van der Waals surface area contributed by atoms with Gasteiger partial charge in [-0.25, -0.2) is 12.8 Å². The fourth-order valence-electron chi connectivity index (χ4n) is 3.48. The minimum absolute atomic E-state index is 0.00415. The van der Waals surface area contributed by atoms with Crippen LogP contribution in [0.15, 0.2) is 42.5 Å². The highest BCUT2D eigenvalue weighted by Gasteiger charge is 2.43. The summed E-state index contributed by atoms with van der Waals surface area (Å²) < 4.78 is 78.6. The van der Waals surface area contributed by atoms with E-state index in [1.54, 1.807) is 13.8 Å². The Bertz CT molecular complexity index is 1120. The maximum absolute atomic E-state index is 13.5. The van der Waals surface area contributed by atoms with Crippen molar-refractivity contribution >= 4 is 21.4 Å². The smallest absolute Gasteiger partial charge is 0.325 e. The second-order valence-electron chi connectivity index (χ2n) is 7.36. The second-order valence-corrected chi connectivity index (χ2v) is 9.54. The molecule has 32 heavy (non-hydrogen) atoms. The van der Waals surface area contributed by atoms with Crippen molar-refractivity contribution in [3.63, 3.8) is 0 Å². The van der Waals surface area contributed by atoms with Gasteiger partial charge in [0.15, 0.2) is 9.84 Å². The molecule has 0 heterocycles. The summed E-state index contributed by atoms with van der Waals surface area (Å²) in [6.45, 7) is 3.24. The Morgan fingerprint density at radius 1 is 1.09 bits per heavy atom. The number of nitriles is 1. The van der Waals surface area contributed by atoms with Gasteiger partial charge in [-0.2, -0.15) is 18.4 Å². The van der Waals surface area contributed by atoms with Gasteiger partial charge in [-0.3, -0.25) is 4.79 Å². The van der Waals surface area contributed by atoms with Gasteiger partial charge in [0.2, 0.25) is 5.91 Å². The lowest BCUT2D eigenvalue weighted by molar-refractivity contribution is -0.137. The van der Waals surface area contributed by atoms with Gasteiger partial charge in [0.05, 0.1) is 28.4 Å². The van der Waals surface area contributed by atoms with E-state index in [0.717, 1.165) is 24.3 Å². The minimum Gasteiger partial charge on any atom is -0.325 e. The van der Waals surface area contributed by atoms with Crippen LogP contribution in [0.5, 0.6) is 0 Å². The summed E-state index contributed by atoms with van der Waals surface area (Å²) in [5.74, 6) is -2.20. The molecule has 0 aromatic heterocycles. The van der Waals surface area contributed by atoms with Gasteiger partial charge < -0.3 is 5.32 Å². The summed E-state index contributed by atoms with van der Waals surface area (Å²) in [4.78, 5) is 13.3. The van der Waals surface area contributed by atoms with Crippen molar-refractivity contribution in [2.45, 2.75) is 38.3 Å². The van der Waals surface area contributed by atoms with Crippen LogP contribution >= 0.6 is 0 Å². The molecule has 2 aromatic rings. The zero-order valence-corrected chi connectivity index (χ0v) is 18.3. The van der Waals surface area contributed by atoms with Crippen molar-refractivity contribution in [3.8, 4) is 6.07 Å². The summed E-state index contributed by atoms with van der Waals surface area (Å²) in [6.07, 6.45) is -4.51. The topological polar surface area (TPSA) is 87.0 Å². The van der Waals surface area contributed by atoms with Crippen molar-refractivity contribution in [1.82, 2.24) is 0 Å². The van der Waals surface area contributed by atoms with Gasteiger partial charge in [-0.1, -0.05) is 26.0 Å². The standard InChI is InChI=1S/C22H22F4N2O3S/c1-3-11-32(30,31)14-21(4-2,16-6-8-17(23)9-7-16)20(29)28-18-10-5-15(13-27)19(12-18)22(24,25)26/h5-10,12H,3-4,11,14H2,1-2H3,(H,28,29). The molecular weight excluding hydrogens is 448 g/mol. The number of carbonyl (C=O) groups is 1. The molecule has 0 aliphatic rings. The van der Waals surface area contributed by atoms with Gasteiger partial charge in [0, 0.05) is 11.4 Å². The molecule has 0 bridgehead atoms. The molecule has 1 amide bonds. The first kappa shape index (κ1) is 25.3. The molecule has 0 spiro atoms. The average molecular weight is 470 g/mol. The average Bonchev–Trinajstić information content (AvgIpc) is 2.72. The van der Waals surface area contributed by atoms with Gasteiger partial charge >= 0.3 is 6.18 Å². The second kappa shape index (κ2) is 9.69. The highest BCUT2D eigenvalue weighted by Crippen LogP contribution is 2.35. The third-order valence-electron chi connectivity index (χ3n) is 5.12. The van der Waals surface area contributed by atoms with Gasteiger partial charge in [-0.05, 0) is 48.7 Å². The monoisotopic (exact) mass is 470 g/mol. The summed E-state index contributed by atoms with van der Waals surface area (Å²) in [5.41, 5.74) is -3.51. The van der Waals surface area contributed by atoms with E-state index < -0.39 is 50.0 Å². The molecule has 1 unspecified atom stereocenters. The van der Waals surface area contributed by atoms with Gasteiger partial charge in [-0.15, -0.1) is 0 Å². The molecule has 0 radical (unpaired) electrons. The number of nitrogens with zero attached hydrogens (tertiary/aromatic N) is 1. The highest BCUT2D eigenvalue weighted by atomic mass is 32.2. The zero-order valence-electron chi connectivity index (χ0n) is 17.5. The molecule has 0 saturated heterocycles. The van der Waals surface area contributed by atoms with E-state index in [4.69, 9.17) is 5.26 Å². The molecule has 2 aromatic carbocycles. The molecular formula is C22H22F4N2O3S. The van der Waals surface area contributed by atoms with Gasteiger partial charge in [0.25, 0.3) is 0 Å². The Labute approximate surface area is 184 Å². The van der Waals surface area contributed by atoms with Crippen molar-refractivity contribution in [2.24, 2.45) is 0 Å². The van der Waals surface area contributed by atoms with Crippen LogP contribution < -0.4 is 5.32 Å². The van der Waals surface area contributed by atoms with Crippen LogP contribution in [0.1, 0.15) is 43.4 Å². The lowest BCUT2D eigenvalue weighted by Gasteiger charge is -2.32. The van der Waals surface area contributed by atoms with Gasteiger partial charge in [0.1, 0.15) is 5.82 Å². The highest BCUT2D eigenvalue weighted by molar-refractivity contribution is 7.91. The lowest BCUT2D eigenvalue weighted by Crippen LogP contribution is -2.46. The number of benzene rings is 2. The number of hydrogen-bond acceptors (Lipinski definition) is 4. The predicted octanol–water partition coefficient (Wildman–Crippen LogP) is 4.83. The maximum Gasteiger partial charge on any atom is 0.417 e. The molecule has 1 N–H and O–H groups in total. The number of amides is 1. The van der Waals surface area contributed by atoms with Crippen molar-refractivity contribution in [3.05, 3.63) is 65.0 Å². The Morgan fingerprint density at radius 3 is 2.22 bits per heavy atom. The Balaban J connectivity index is 2.56. The summed E-state index contributed by atoms with van der Waals surface area (Å²) in [5, 5.41) is 11.3. The number of sulfone groups is 1. The maximum atomic E-state index is 13.5. The van der Waals surface area contributed by atoms with E-state index in [1.165, 1.54) is 18.2 Å². The first-order valence-electron chi connectivity index (χ1n) is 9.78. The number of anilines is 1. The number of alkyl halides is 3. The minimum atomic E-state index is -4.82. The molecule has 1 atom stereocenters. The molecule has 0 aliphatic heterocycles. The number of halogens is 4. The number of carbonyl (C=O) groups excluding carboxylic acids is 1. The summed E-state index contributed by atoms with van der Waals surface area (Å²) in [6, 6.07) is 8.90. The van der Waals surface area contributed by atoms with Crippen molar-refractivity contribution in [2.75, 3.05) is 16.8 Å². The normalized spacial score (nSPS) is 13.8. The van der Waals surface area contributed by atoms with Crippen LogP contribution in [0.25, 0.3) is 0 Å². The largest absolute Gasteiger partial charge is 0.417 e. The lowest BCUT2D eigenvalue weighted by atomic mass is 9.78. The fraction of sp³-hybridized carbons (Fsp3) is 0.364. The molecule has 10 heteroatoms. The van der Waals surface area contributed by atoms with Crippen LogP contribution in [0.4, 0.5) is 23.2 Å². The molecule has 5 nitrogen and oxygen atoms in total. The Morgan fingerprint density at radius 2 is 1.72 bits per heavy atom. The van der Waals surface area contributed by atoms with Crippen LogP contribution in [0, 0.1) is 17.1 Å². The van der Waals surface area contributed by atoms with Crippen LogP contribution in [0.3, 0.4) is 0 Å². The quantitative estimate of drug-likeness (QED) is 0.560. The van der Waals surface area contributed by atoms with E-state index in [2.05, 4.69) is 5.32 Å². The summed E-state index contributed by atoms with van der Waals surface area (Å²) >= 11 is 0. The predicted molar refractivity (Wildman–Crippen MR) is 112 cm³/mol. The first-order chi connectivity index (χ1) is 14.9. The molecule has 2 rings (SSSR count). The Hall–Kier alpha value is -2.93. The van der Waals surface area contributed by atoms with Crippen LogP contribution in [-0.4, -0.2) is 25.8 Å². The molecule has 0 aliphatic carbocycles. The fourth-order valence-corrected chi connectivity index (χ4v) is 5.50. The summed E-state index contributed by atoms with van der Waals surface area (Å²) in [7, 11) is -3.72. The Kier molecular flexibility index (Phi) is 7.67. The third kappa shape index (κ3) is 5.65.